The molecule has 264 valence electrons. The molecule has 22 nitrogen and oxygen atoms in total. The number of rotatable bonds is 17. The fraction of sp³-hybridized carbons (Fsp3) is 0.895. The van der Waals surface area contributed by atoms with E-state index in [0.29, 0.717) is 17.7 Å². The second kappa shape index (κ2) is 24.8. The van der Waals surface area contributed by atoms with Crippen LogP contribution in [0.1, 0.15) is 32.1 Å². The Morgan fingerprint density at radius 2 is 1.27 bits per heavy atom. The van der Waals surface area contributed by atoms with Crippen molar-refractivity contribution in [2.75, 3.05) is 39.2 Å². The van der Waals surface area contributed by atoms with Gasteiger partial charge in [0.05, 0.1) is 29.0 Å². The van der Waals surface area contributed by atoms with E-state index in [4.69, 9.17) is 14.2 Å². The zero-order valence-corrected chi connectivity index (χ0v) is 38.5. The molecular formula is C19H30N2Na4O20S4. The molecule has 2 amide bonds. The summed E-state index contributed by atoms with van der Waals surface area (Å²) in [6, 6.07) is -0.188. The molecule has 0 aromatic carbocycles. The van der Waals surface area contributed by atoms with Gasteiger partial charge in [0.1, 0.15) is 24.9 Å². The van der Waals surface area contributed by atoms with Crippen molar-refractivity contribution < 1.29 is 206 Å². The maximum Gasteiger partial charge on any atom is 1.00 e. The van der Waals surface area contributed by atoms with E-state index in [9.17, 15) is 61.5 Å². The first-order valence-electron chi connectivity index (χ1n) is 12.8. The van der Waals surface area contributed by atoms with Crippen LogP contribution in [0.3, 0.4) is 0 Å². The first-order chi connectivity index (χ1) is 20.6. The van der Waals surface area contributed by atoms with Gasteiger partial charge in [0.2, 0.25) is 43.0 Å². The van der Waals surface area contributed by atoms with Gasteiger partial charge in [-0.2, -0.15) is 0 Å². The number of methoxy groups -OCH3 is 1. The number of carbonyl (C=O) groups is 2. The minimum atomic E-state index is -5.87. The molecule has 1 heterocycles. The average Bonchev–Trinajstić information content (AvgIpc) is 2.87. The molecule has 0 radical (unpaired) electrons. The smallest absolute Gasteiger partial charge is 0.748 e. The quantitative estimate of drug-likeness (QED) is 0.0808. The van der Waals surface area contributed by atoms with E-state index in [1.54, 1.807) is 0 Å². The van der Waals surface area contributed by atoms with Crippen LogP contribution in [0.25, 0.3) is 0 Å². The molecule has 1 aliphatic carbocycles. The van der Waals surface area contributed by atoms with Gasteiger partial charge in [0, 0.05) is 19.7 Å². The molecule has 5 atom stereocenters. The zero-order valence-electron chi connectivity index (χ0n) is 27.3. The SMILES string of the molecule is COC1OC(COCC(=O)N(CCS(=O)(=O)[O-])CC(=O)NC2CCCCC2)C(OS(=O)(=O)[O-])C(OS(=O)(=O)[O-])C1OS(=O)(=O)[O-].[Na+].[Na+].[Na+].[Na+]. The summed E-state index contributed by atoms with van der Waals surface area (Å²) in [5, 5.41) is 2.69. The van der Waals surface area contributed by atoms with Crippen molar-refractivity contribution in [2.45, 2.75) is 68.9 Å². The van der Waals surface area contributed by atoms with E-state index in [1.165, 1.54) is 0 Å². The standard InChI is InChI=1S/C19H34N2O20S4.4Na/c1-36-19-18(41-45(33,34)35)17(40-44(30,31)32)16(39-43(27,28)29)13(38-19)10-37-11-15(23)21(7-8-42(24,25)26)9-14(22)20-12-5-3-2-4-6-12;;;;/h12-13,16-19H,2-11H2,1H3,(H,20,22)(H,24,25,26)(H,27,28,29)(H,30,31,32)(H,33,34,35);;;;/q;4*+1/p-4. The summed E-state index contributed by atoms with van der Waals surface area (Å²) in [7, 11) is -21.5. The van der Waals surface area contributed by atoms with Gasteiger partial charge in [-0.05, 0) is 12.8 Å². The van der Waals surface area contributed by atoms with E-state index in [2.05, 4.69) is 17.9 Å². The molecule has 1 N–H and O–H groups in total. The molecule has 1 saturated heterocycles. The molecule has 1 saturated carbocycles. The average molecular weight is 827 g/mol. The molecule has 1 aliphatic heterocycles. The maximum atomic E-state index is 12.8. The van der Waals surface area contributed by atoms with E-state index in [-0.39, 0.29) is 124 Å². The van der Waals surface area contributed by atoms with Gasteiger partial charge in [0.15, 0.2) is 12.4 Å². The Labute approximate surface area is 372 Å². The van der Waals surface area contributed by atoms with Gasteiger partial charge in [-0.3, -0.25) is 22.1 Å². The molecule has 49 heavy (non-hydrogen) atoms. The Morgan fingerprint density at radius 1 is 0.776 bits per heavy atom. The Kier molecular flexibility index (Phi) is 28.1. The second-order valence-electron chi connectivity index (χ2n) is 9.68. The van der Waals surface area contributed by atoms with Crippen molar-refractivity contribution in [3.05, 3.63) is 0 Å². The molecule has 30 heteroatoms. The second-order valence-corrected chi connectivity index (χ2v) is 14.2. The van der Waals surface area contributed by atoms with Crippen LogP contribution < -0.4 is 124 Å². The number of hydrogen-bond donors (Lipinski definition) is 1. The Bertz CT molecular complexity index is 1460. The summed E-state index contributed by atoms with van der Waals surface area (Å²) in [6.07, 6.45) is -7.94. The molecular weight excluding hydrogens is 796 g/mol. The first kappa shape index (κ1) is 55.7. The predicted molar refractivity (Wildman–Crippen MR) is 136 cm³/mol. The van der Waals surface area contributed by atoms with Crippen molar-refractivity contribution in [1.29, 1.82) is 0 Å². The number of amides is 2. The zero-order chi connectivity index (χ0) is 34.2. The number of carbonyl (C=O) groups excluding carboxylic acids is 2. The van der Waals surface area contributed by atoms with Gasteiger partial charge >= 0.3 is 118 Å². The van der Waals surface area contributed by atoms with Gasteiger partial charge in [0.25, 0.3) is 0 Å². The van der Waals surface area contributed by atoms with Crippen LogP contribution in [0.15, 0.2) is 0 Å². The molecule has 0 bridgehead atoms. The third kappa shape index (κ3) is 23.1. The van der Waals surface area contributed by atoms with E-state index in [1.807, 2.05) is 0 Å². The van der Waals surface area contributed by atoms with Gasteiger partial charge in [-0.15, -0.1) is 0 Å². The Morgan fingerprint density at radius 3 is 1.73 bits per heavy atom. The van der Waals surface area contributed by atoms with Crippen LogP contribution in [0.5, 0.6) is 0 Å². The normalized spacial score (nSPS) is 23.4. The maximum absolute atomic E-state index is 12.8. The molecule has 2 aliphatic rings. The van der Waals surface area contributed by atoms with Crippen molar-refractivity contribution in [3.8, 4) is 0 Å². The van der Waals surface area contributed by atoms with Crippen LogP contribution >= 0.6 is 0 Å². The van der Waals surface area contributed by atoms with Crippen molar-refractivity contribution in [2.24, 2.45) is 0 Å². The molecule has 0 aromatic heterocycles. The monoisotopic (exact) mass is 826 g/mol. The summed E-state index contributed by atoms with van der Waals surface area (Å²) >= 11 is 0. The largest absolute Gasteiger partial charge is 1.00 e. The number of nitrogens with zero attached hydrogens (tertiary/aromatic N) is 1. The summed E-state index contributed by atoms with van der Waals surface area (Å²) < 4.78 is 163. The van der Waals surface area contributed by atoms with Crippen molar-refractivity contribution >= 4 is 53.1 Å². The third-order valence-electron chi connectivity index (χ3n) is 6.29. The van der Waals surface area contributed by atoms with Crippen LogP contribution in [0, 0.1) is 0 Å². The number of ether oxygens (including phenoxy) is 3. The third-order valence-corrected chi connectivity index (χ3v) is 8.34. The molecule has 2 fully saturated rings. The number of hydrogen-bond acceptors (Lipinski definition) is 20. The predicted octanol–water partition coefficient (Wildman–Crippen LogP) is -16.3. The van der Waals surface area contributed by atoms with Crippen LogP contribution in [0.4, 0.5) is 0 Å². The van der Waals surface area contributed by atoms with Crippen LogP contribution in [0.2, 0.25) is 0 Å². The Balaban J connectivity index is -0.00000529. The summed E-state index contributed by atoms with van der Waals surface area (Å²) in [5.74, 6) is -2.84. The van der Waals surface area contributed by atoms with Gasteiger partial charge in [-0.1, -0.05) is 19.3 Å². The first-order valence-corrected chi connectivity index (χ1v) is 18.3. The van der Waals surface area contributed by atoms with Gasteiger partial charge in [-0.25, -0.2) is 33.7 Å². The summed E-state index contributed by atoms with van der Waals surface area (Å²) in [5.41, 5.74) is 0. The topological polar surface area (TPSA) is 334 Å². The molecule has 2 rings (SSSR count). The Hall–Kier alpha value is 2.34. The van der Waals surface area contributed by atoms with Gasteiger partial charge < -0.3 is 42.6 Å². The summed E-state index contributed by atoms with van der Waals surface area (Å²) in [4.78, 5) is 26.0. The number of nitrogens with one attached hydrogen (secondary N) is 1. The molecule has 5 unspecified atom stereocenters. The van der Waals surface area contributed by atoms with Crippen LogP contribution in [-0.2, 0) is 77.7 Å². The minimum absolute atomic E-state index is 0. The van der Waals surface area contributed by atoms with E-state index in [0.717, 1.165) is 26.4 Å². The molecule has 0 aromatic rings. The fourth-order valence-electron chi connectivity index (χ4n) is 4.50. The summed E-state index contributed by atoms with van der Waals surface area (Å²) in [6.45, 7) is -3.51. The minimum Gasteiger partial charge on any atom is -0.748 e. The molecule has 0 spiro atoms. The fourth-order valence-corrected chi connectivity index (χ4v) is 6.41. The van der Waals surface area contributed by atoms with E-state index >= 15 is 0 Å². The van der Waals surface area contributed by atoms with Crippen LogP contribution in [-0.4, -0.2) is 145 Å². The van der Waals surface area contributed by atoms with E-state index < -0.39 is 116 Å². The van der Waals surface area contributed by atoms with Crippen molar-refractivity contribution in [3.63, 3.8) is 0 Å². The van der Waals surface area contributed by atoms with Crippen molar-refractivity contribution in [1.82, 2.24) is 10.2 Å².